The fourth-order valence-electron chi connectivity index (χ4n) is 5.73. The van der Waals surface area contributed by atoms with Crippen molar-refractivity contribution in [3.63, 3.8) is 0 Å². The molecule has 0 N–H and O–H groups in total. The van der Waals surface area contributed by atoms with Gasteiger partial charge in [-0.15, -0.1) is 0 Å². The van der Waals surface area contributed by atoms with Crippen molar-refractivity contribution in [1.29, 1.82) is 0 Å². The standard InChI is InChI=1S/C32H40N2O8/c1-9-39-29(35)23-17(5)33-18(6)24(30(36)40-10-2)27(23)21-13-15-22(16-14-21)28-25(31(37)41-11-3)19(7)34-20(8)26(28)32(38)42-12-4/h13-16,23,25,27-28H,9-12H2,1-8H3. The van der Waals surface area contributed by atoms with E-state index in [0.29, 0.717) is 33.9 Å². The van der Waals surface area contributed by atoms with Crippen LogP contribution in [0.2, 0.25) is 0 Å². The van der Waals surface area contributed by atoms with Crippen molar-refractivity contribution in [3.05, 3.63) is 57.9 Å². The number of nitrogens with zero attached hydrogens (tertiary/aromatic N) is 2. The molecule has 0 radical (unpaired) electrons. The summed E-state index contributed by atoms with van der Waals surface area (Å²) in [5.41, 5.74) is 3.84. The Labute approximate surface area is 246 Å². The maximum atomic E-state index is 13.2. The molecule has 42 heavy (non-hydrogen) atoms. The van der Waals surface area contributed by atoms with Crippen LogP contribution in [-0.2, 0) is 38.1 Å². The zero-order valence-corrected chi connectivity index (χ0v) is 25.6. The van der Waals surface area contributed by atoms with E-state index in [1.807, 2.05) is 0 Å². The molecule has 2 aliphatic rings. The van der Waals surface area contributed by atoms with Crippen LogP contribution in [0.3, 0.4) is 0 Å². The fourth-order valence-corrected chi connectivity index (χ4v) is 5.73. The van der Waals surface area contributed by atoms with Crippen LogP contribution in [0.4, 0.5) is 0 Å². The first-order valence-electron chi connectivity index (χ1n) is 14.3. The number of carbonyl (C=O) groups excluding carboxylic acids is 4. The molecule has 226 valence electrons. The van der Waals surface area contributed by atoms with E-state index < -0.39 is 47.5 Å². The number of allylic oxidation sites excluding steroid dienone is 2. The van der Waals surface area contributed by atoms with Crippen LogP contribution in [0, 0.1) is 11.8 Å². The van der Waals surface area contributed by atoms with Crippen molar-refractivity contribution in [2.24, 2.45) is 21.8 Å². The van der Waals surface area contributed by atoms with Gasteiger partial charge < -0.3 is 18.9 Å². The van der Waals surface area contributed by atoms with Crippen molar-refractivity contribution in [3.8, 4) is 0 Å². The van der Waals surface area contributed by atoms with Gasteiger partial charge in [0.25, 0.3) is 0 Å². The van der Waals surface area contributed by atoms with E-state index in [9.17, 15) is 19.2 Å². The van der Waals surface area contributed by atoms with Gasteiger partial charge in [-0.3, -0.25) is 19.6 Å². The second kappa shape index (κ2) is 14.2. The zero-order chi connectivity index (χ0) is 31.1. The van der Waals surface area contributed by atoms with Gasteiger partial charge in [-0.05, 0) is 66.5 Å². The van der Waals surface area contributed by atoms with Gasteiger partial charge in [0.1, 0.15) is 11.8 Å². The minimum Gasteiger partial charge on any atom is -0.465 e. The lowest BCUT2D eigenvalue weighted by Gasteiger charge is -2.33. The van der Waals surface area contributed by atoms with Gasteiger partial charge >= 0.3 is 23.9 Å². The van der Waals surface area contributed by atoms with E-state index >= 15 is 0 Å². The van der Waals surface area contributed by atoms with E-state index in [1.165, 1.54) is 0 Å². The number of benzene rings is 1. The van der Waals surface area contributed by atoms with Gasteiger partial charge in [0.15, 0.2) is 0 Å². The minimum absolute atomic E-state index is 0.161. The Bertz CT molecular complexity index is 1250. The summed E-state index contributed by atoms with van der Waals surface area (Å²) in [5, 5.41) is 0. The van der Waals surface area contributed by atoms with Crippen LogP contribution in [0.25, 0.3) is 0 Å². The average Bonchev–Trinajstić information content (AvgIpc) is 2.92. The molecule has 2 heterocycles. The van der Waals surface area contributed by atoms with Crippen molar-refractivity contribution in [1.82, 2.24) is 0 Å². The summed E-state index contributed by atoms with van der Waals surface area (Å²) in [6, 6.07) is 7.16. The maximum Gasteiger partial charge on any atom is 0.336 e. The Hall–Kier alpha value is -4.08. The first-order chi connectivity index (χ1) is 20.0. The van der Waals surface area contributed by atoms with E-state index in [1.54, 1.807) is 79.7 Å². The Morgan fingerprint density at radius 3 is 1.17 bits per heavy atom. The van der Waals surface area contributed by atoms with Gasteiger partial charge in [0.05, 0.1) is 37.6 Å². The van der Waals surface area contributed by atoms with Crippen LogP contribution in [0.5, 0.6) is 0 Å². The summed E-state index contributed by atoms with van der Waals surface area (Å²) >= 11 is 0. The molecule has 10 nitrogen and oxygen atoms in total. The molecule has 0 bridgehead atoms. The molecule has 0 aliphatic carbocycles. The summed E-state index contributed by atoms with van der Waals surface area (Å²) in [6.45, 7) is 14.4. The van der Waals surface area contributed by atoms with Crippen LogP contribution in [-0.4, -0.2) is 61.7 Å². The molecule has 10 heteroatoms. The second-order valence-corrected chi connectivity index (χ2v) is 10.0. The maximum absolute atomic E-state index is 13.2. The monoisotopic (exact) mass is 580 g/mol. The number of hydrogen-bond donors (Lipinski definition) is 0. The molecule has 0 saturated carbocycles. The summed E-state index contributed by atoms with van der Waals surface area (Å²) in [7, 11) is 0. The number of aliphatic imine (C=N–C) groups is 2. The van der Waals surface area contributed by atoms with Crippen molar-refractivity contribution < 1.29 is 38.1 Å². The highest BCUT2D eigenvalue weighted by Crippen LogP contribution is 2.43. The van der Waals surface area contributed by atoms with Crippen LogP contribution in [0.1, 0.15) is 78.4 Å². The normalized spacial score (nSPS) is 22.2. The molecule has 4 unspecified atom stereocenters. The third kappa shape index (κ3) is 6.53. The summed E-state index contributed by atoms with van der Waals surface area (Å²) in [4.78, 5) is 61.6. The topological polar surface area (TPSA) is 130 Å². The third-order valence-electron chi connectivity index (χ3n) is 7.38. The van der Waals surface area contributed by atoms with Gasteiger partial charge in [-0.1, -0.05) is 24.3 Å². The number of rotatable bonds is 10. The largest absolute Gasteiger partial charge is 0.465 e. The third-order valence-corrected chi connectivity index (χ3v) is 7.38. The van der Waals surface area contributed by atoms with E-state index in [2.05, 4.69) is 9.98 Å². The first-order valence-corrected chi connectivity index (χ1v) is 14.3. The SMILES string of the molecule is CCOC(=O)C1=C(C)N=C(C)C(C(=O)OCC)C1c1ccc(C2C(C(=O)OCC)=C(C)N=C(C)C2C(=O)OCC)cc1. The Balaban J connectivity index is 2.18. The van der Waals surface area contributed by atoms with Crippen molar-refractivity contribution >= 4 is 35.3 Å². The molecular formula is C32H40N2O8. The lowest BCUT2D eigenvalue weighted by molar-refractivity contribution is -0.147. The van der Waals surface area contributed by atoms with Gasteiger partial charge in [0.2, 0.25) is 0 Å². The zero-order valence-electron chi connectivity index (χ0n) is 25.6. The lowest BCUT2D eigenvalue weighted by Crippen LogP contribution is -2.37. The highest BCUT2D eigenvalue weighted by Gasteiger charge is 2.44. The van der Waals surface area contributed by atoms with Crippen LogP contribution >= 0.6 is 0 Å². The van der Waals surface area contributed by atoms with E-state index in [0.717, 1.165) is 0 Å². The highest BCUT2D eigenvalue weighted by atomic mass is 16.5. The van der Waals surface area contributed by atoms with Crippen LogP contribution < -0.4 is 0 Å². The fraction of sp³-hybridized carbons (Fsp3) is 0.500. The second-order valence-electron chi connectivity index (χ2n) is 10.0. The molecule has 0 aromatic heterocycles. The van der Waals surface area contributed by atoms with Crippen LogP contribution in [0.15, 0.2) is 56.8 Å². The Morgan fingerprint density at radius 1 is 0.571 bits per heavy atom. The smallest absolute Gasteiger partial charge is 0.336 e. The average molecular weight is 581 g/mol. The molecule has 0 saturated heterocycles. The molecule has 0 amide bonds. The first kappa shape index (κ1) is 32.4. The van der Waals surface area contributed by atoms with E-state index in [-0.39, 0.29) is 37.6 Å². The lowest BCUT2D eigenvalue weighted by atomic mass is 9.73. The number of esters is 4. The molecule has 4 atom stereocenters. The number of hydrogen-bond acceptors (Lipinski definition) is 10. The number of ether oxygens (including phenoxy) is 4. The summed E-state index contributed by atoms with van der Waals surface area (Å²) in [5.74, 6) is -5.21. The number of carbonyl (C=O) groups is 4. The molecule has 1 aromatic rings. The van der Waals surface area contributed by atoms with Crippen molar-refractivity contribution in [2.45, 2.75) is 67.2 Å². The van der Waals surface area contributed by atoms with Gasteiger partial charge in [0, 0.05) is 34.7 Å². The molecule has 0 spiro atoms. The summed E-state index contributed by atoms with van der Waals surface area (Å²) in [6.07, 6.45) is 0. The molecule has 1 aromatic carbocycles. The van der Waals surface area contributed by atoms with Crippen molar-refractivity contribution in [2.75, 3.05) is 26.4 Å². The quantitative estimate of drug-likeness (QED) is 0.284. The minimum atomic E-state index is -0.840. The van der Waals surface area contributed by atoms with E-state index in [4.69, 9.17) is 18.9 Å². The molecule has 3 rings (SSSR count). The Kier molecular flexibility index (Phi) is 11.0. The van der Waals surface area contributed by atoms with Gasteiger partial charge in [-0.2, -0.15) is 0 Å². The molecular weight excluding hydrogens is 540 g/mol. The predicted molar refractivity (Wildman–Crippen MR) is 157 cm³/mol. The molecule has 2 aliphatic heterocycles. The highest BCUT2D eigenvalue weighted by molar-refractivity contribution is 6.08. The Morgan fingerprint density at radius 2 is 0.881 bits per heavy atom. The molecule has 0 fully saturated rings. The predicted octanol–water partition coefficient (Wildman–Crippen LogP) is 4.84. The summed E-state index contributed by atoms with van der Waals surface area (Å²) < 4.78 is 21.5. The van der Waals surface area contributed by atoms with Gasteiger partial charge in [-0.25, -0.2) is 9.59 Å².